The van der Waals surface area contributed by atoms with E-state index in [2.05, 4.69) is 0 Å². The second-order valence-corrected chi connectivity index (χ2v) is 8.06. The quantitative estimate of drug-likeness (QED) is 0.905. The molecule has 3 rings (SSSR count). The summed E-state index contributed by atoms with van der Waals surface area (Å²) in [4.78, 5) is 0.342. The third kappa shape index (κ3) is 2.85. The maximum Gasteiger partial charge on any atom is 0.243 e. The van der Waals surface area contributed by atoms with Crippen LogP contribution in [0.4, 0.5) is 0 Å². The summed E-state index contributed by atoms with van der Waals surface area (Å²) < 4.78 is 32.3. The van der Waals surface area contributed by atoms with Gasteiger partial charge in [0, 0.05) is 19.1 Å². The predicted octanol–water partition coefficient (Wildman–Crippen LogP) is 1.78. The van der Waals surface area contributed by atoms with Gasteiger partial charge < -0.3 is 10.5 Å². The Balaban J connectivity index is 0.00000176. The normalized spacial score (nSPS) is 28.2. The lowest BCUT2D eigenvalue weighted by molar-refractivity contribution is 0.410. The van der Waals surface area contributed by atoms with Crippen molar-refractivity contribution >= 4 is 22.4 Å². The molecule has 0 spiro atoms. The number of benzene rings is 1. The van der Waals surface area contributed by atoms with E-state index in [0.29, 0.717) is 35.6 Å². The van der Waals surface area contributed by atoms with Gasteiger partial charge in [0.25, 0.3) is 0 Å². The molecule has 7 heteroatoms. The molecule has 124 valence electrons. The molecule has 1 heterocycles. The molecule has 1 saturated carbocycles. The SMILES string of the molecule is COc1ccc(S(=O)(=O)N2CC3CCC(N)C3C2)cc1C.Cl. The van der Waals surface area contributed by atoms with Crippen LogP contribution in [-0.2, 0) is 10.0 Å². The Kier molecular flexibility index (Phi) is 5.06. The van der Waals surface area contributed by atoms with Crippen LogP contribution in [0.3, 0.4) is 0 Å². The summed E-state index contributed by atoms with van der Waals surface area (Å²) in [6.07, 6.45) is 2.06. The van der Waals surface area contributed by atoms with Crippen LogP contribution < -0.4 is 10.5 Å². The average Bonchev–Trinajstić information content (AvgIpc) is 3.02. The Labute approximate surface area is 138 Å². The molecule has 5 nitrogen and oxygen atoms in total. The molecule has 0 aromatic heterocycles. The smallest absolute Gasteiger partial charge is 0.243 e. The van der Waals surface area contributed by atoms with Crippen molar-refractivity contribution in [1.82, 2.24) is 4.31 Å². The fourth-order valence-electron chi connectivity index (χ4n) is 3.62. The zero-order valence-corrected chi connectivity index (χ0v) is 14.5. The van der Waals surface area contributed by atoms with E-state index in [1.807, 2.05) is 6.92 Å². The highest BCUT2D eigenvalue weighted by Crippen LogP contribution is 2.39. The van der Waals surface area contributed by atoms with Crippen LogP contribution in [0.15, 0.2) is 23.1 Å². The summed E-state index contributed by atoms with van der Waals surface area (Å²) >= 11 is 0. The largest absolute Gasteiger partial charge is 0.496 e. The van der Waals surface area contributed by atoms with Crippen LogP contribution in [0.1, 0.15) is 18.4 Å². The third-order valence-electron chi connectivity index (χ3n) is 4.88. The number of hydrogen-bond acceptors (Lipinski definition) is 4. The van der Waals surface area contributed by atoms with Crippen molar-refractivity contribution < 1.29 is 13.2 Å². The van der Waals surface area contributed by atoms with E-state index >= 15 is 0 Å². The molecule has 1 aromatic rings. The lowest BCUT2D eigenvalue weighted by Crippen LogP contribution is -2.33. The van der Waals surface area contributed by atoms with Gasteiger partial charge in [-0.1, -0.05) is 0 Å². The van der Waals surface area contributed by atoms with Gasteiger partial charge in [-0.3, -0.25) is 0 Å². The molecule has 0 amide bonds. The Morgan fingerprint density at radius 1 is 1.27 bits per heavy atom. The number of methoxy groups -OCH3 is 1. The summed E-state index contributed by atoms with van der Waals surface area (Å²) in [7, 11) is -1.85. The van der Waals surface area contributed by atoms with Gasteiger partial charge in [0.05, 0.1) is 12.0 Å². The van der Waals surface area contributed by atoms with Crippen LogP contribution in [0.5, 0.6) is 5.75 Å². The van der Waals surface area contributed by atoms with Gasteiger partial charge in [-0.2, -0.15) is 4.31 Å². The van der Waals surface area contributed by atoms with E-state index in [9.17, 15) is 8.42 Å². The van der Waals surface area contributed by atoms with E-state index in [-0.39, 0.29) is 18.4 Å². The van der Waals surface area contributed by atoms with E-state index < -0.39 is 10.0 Å². The van der Waals surface area contributed by atoms with E-state index in [1.54, 1.807) is 29.6 Å². The molecule has 1 aliphatic heterocycles. The summed E-state index contributed by atoms with van der Waals surface area (Å²) in [6, 6.07) is 5.16. The Morgan fingerprint density at radius 3 is 2.59 bits per heavy atom. The first-order valence-corrected chi connectivity index (χ1v) is 8.78. The number of ether oxygens (including phenoxy) is 1. The second-order valence-electron chi connectivity index (χ2n) is 6.12. The van der Waals surface area contributed by atoms with Gasteiger partial charge in [-0.05, 0) is 55.4 Å². The topological polar surface area (TPSA) is 72.6 Å². The number of rotatable bonds is 3. The number of sulfonamides is 1. The molecule has 2 fully saturated rings. The van der Waals surface area contributed by atoms with Crippen molar-refractivity contribution in [3.8, 4) is 5.75 Å². The zero-order chi connectivity index (χ0) is 15.2. The Bertz CT molecular complexity index is 650. The lowest BCUT2D eigenvalue weighted by atomic mass is 9.98. The molecule has 1 aromatic carbocycles. The lowest BCUT2D eigenvalue weighted by Gasteiger charge is -2.19. The third-order valence-corrected chi connectivity index (χ3v) is 6.71. The van der Waals surface area contributed by atoms with Crippen molar-refractivity contribution in [2.75, 3.05) is 20.2 Å². The summed E-state index contributed by atoms with van der Waals surface area (Å²) in [6.45, 7) is 3.01. The minimum atomic E-state index is -3.43. The highest BCUT2D eigenvalue weighted by atomic mass is 35.5. The van der Waals surface area contributed by atoms with Gasteiger partial charge >= 0.3 is 0 Å². The highest BCUT2D eigenvalue weighted by molar-refractivity contribution is 7.89. The molecular weight excluding hydrogens is 324 g/mol. The molecule has 0 bridgehead atoms. The van der Waals surface area contributed by atoms with Crippen molar-refractivity contribution in [3.63, 3.8) is 0 Å². The van der Waals surface area contributed by atoms with Crippen LogP contribution in [0.25, 0.3) is 0 Å². The number of fused-ring (bicyclic) bond motifs is 1. The zero-order valence-electron chi connectivity index (χ0n) is 12.9. The predicted molar refractivity (Wildman–Crippen MR) is 87.9 cm³/mol. The first-order chi connectivity index (χ1) is 9.93. The summed E-state index contributed by atoms with van der Waals surface area (Å²) in [5.41, 5.74) is 6.92. The minimum Gasteiger partial charge on any atom is -0.496 e. The molecule has 3 atom stereocenters. The first kappa shape index (κ1) is 17.5. The number of hydrogen-bond donors (Lipinski definition) is 1. The van der Waals surface area contributed by atoms with E-state index in [0.717, 1.165) is 18.4 Å². The number of nitrogens with zero attached hydrogens (tertiary/aromatic N) is 1. The first-order valence-electron chi connectivity index (χ1n) is 7.34. The van der Waals surface area contributed by atoms with Gasteiger partial charge in [-0.15, -0.1) is 12.4 Å². The molecule has 0 radical (unpaired) electrons. The maximum atomic E-state index is 12.8. The monoisotopic (exact) mass is 346 g/mol. The summed E-state index contributed by atoms with van der Waals surface area (Å²) in [5.74, 6) is 1.45. The molecule has 22 heavy (non-hydrogen) atoms. The molecular formula is C15H23ClN2O3S. The van der Waals surface area contributed by atoms with Gasteiger partial charge in [-0.25, -0.2) is 8.42 Å². The summed E-state index contributed by atoms with van der Waals surface area (Å²) in [5, 5.41) is 0. The molecule has 2 N–H and O–H groups in total. The van der Waals surface area contributed by atoms with Gasteiger partial charge in [0.15, 0.2) is 0 Å². The minimum absolute atomic E-state index is 0. The van der Waals surface area contributed by atoms with Crippen LogP contribution in [-0.4, -0.2) is 39.0 Å². The standard InChI is InChI=1S/C15H22N2O3S.ClH/c1-10-7-12(4-6-15(10)20-2)21(18,19)17-8-11-3-5-14(16)13(11)9-17;/h4,6-7,11,13-14H,3,5,8-9,16H2,1-2H3;1H. The van der Waals surface area contributed by atoms with Crippen molar-refractivity contribution in [2.45, 2.75) is 30.7 Å². The Hall–Kier alpha value is -0.820. The van der Waals surface area contributed by atoms with Crippen molar-refractivity contribution in [3.05, 3.63) is 23.8 Å². The van der Waals surface area contributed by atoms with Crippen LogP contribution >= 0.6 is 12.4 Å². The van der Waals surface area contributed by atoms with Crippen molar-refractivity contribution in [2.24, 2.45) is 17.6 Å². The van der Waals surface area contributed by atoms with E-state index in [1.165, 1.54) is 0 Å². The molecule has 2 aliphatic rings. The Morgan fingerprint density at radius 2 is 2.00 bits per heavy atom. The van der Waals surface area contributed by atoms with Gasteiger partial charge in [0.1, 0.15) is 5.75 Å². The number of aryl methyl sites for hydroxylation is 1. The molecule has 1 aliphatic carbocycles. The maximum absolute atomic E-state index is 12.8. The van der Waals surface area contributed by atoms with Crippen LogP contribution in [0.2, 0.25) is 0 Å². The second kappa shape index (κ2) is 6.35. The fourth-order valence-corrected chi connectivity index (χ4v) is 5.24. The molecule has 3 unspecified atom stereocenters. The van der Waals surface area contributed by atoms with Gasteiger partial charge in [0.2, 0.25) is 10.0 Å². The average molecular weight is 347 g/mol. The fraction of sp³-hybridized carbons (Fsp3) is 0.600. The van der Waals surface area contributed by atoms with E-state index in [4.69, 9.17) is 10.5 Å². The number of nitrogens with two attached hydrogens (primary N) is 1. The van der Waals surface area contributed by atoms with Crippen LogP contribution in [0, 0.1) is 18.8 Å². The van der Waals surface area contributed by atoms with Crippen molar-refractivity contribution in [1.29, 1.82) is 0 Å². The number of halogens is 1. The molecule has 1 saturated heterocycles. The highest BCUT2D eigenvalue weighted by Gasteiger charge is 2.45.